The molecule has 0 amide bonds. The van der Waals surface area contributed by atoms with E-state index < -0.39 is 0 Å². The molecule has 4 heteroatoms. The number of imidazole rings is 1. The van der Waals surface area contributed by atoms with Crippen LogP contribution in [0, 0.1) is 0 Å². The van der Waals surface area contributed by atoms with Gasteiger partial charge in [0.25, 0.3) is 0 Å². The summed E-state index contributed by atoms with van der Waals surface area (Å²) in [5, 5.41) is 0. The number of aryl methyl sites for hydroxylation is 1. The maximum absolute atomic E-state index is 4.34. The molecule has 0 atom stereocenters. The van der Waals surface area contributed by atoms with Crippen LogP contribution in [0.2, 0.25) is 0 Å². The van der Waals surface area contributed by atoms with Crippen molar-refractivity contribution in [2.24, 2.45) is 7.05 Å². The molecule has 1 aromatic heterocycles. The summed E-state index contributed by atoms with van der Waals surface area (Å²) in [5.41, 5.74) is 0. The van der Waals surface area contributed by atoms with Crippen molar-refractivity contribution < 1.29 is 0 Å². The van der Waals surface area contributed by atoms with Crippen molar-refractivity contribution in [2.75, 3.05) is 19.6 Å². The zero-order chi connectivity index (χ0) is 10.7. The number of nitrogens with zero attached hydrogens (tertiary/aromatic N) is 3. The Bertz CT molecular complexity index is 303. The Morgan fingerprint density at radius 3 is 2.80 bits per heavy atom. The average Bonchev–Trinajstić information content (AvgIpc) is 2.63. The number of hydrogen-bond acceptors (Lipinski definition) is 2. The fourth-order valence-electron chi connectivity index (χ4n) is 2.02. The summed E-state index contributed by atoms with van der Waals surface area (Å²) in [4.78, 5) is 7.61. The van der Waals surface area contributed by atoms with Gasteiger partial charge in [0.15, 0.2) is 0 Å². The normalized spacial score (nSPS) is 19.6. The molecule has 3 nitrogen and oxygen atoms in total. The summed E-state index contributed by atoms with van der Waals surface area (Å²) in [6.45, 7) is 3.59. The smallest absolute Gasteiger partial charge is 0.109 e. The molecular formula is C11H18BrN3. The summed E-state index contributed by atoms with van der Waals surface area (Å²) >= 11 is 3.67. The first-order valence-corrected chi connectivity index (χ1v) is 6.50. The van der Waals surface area contributed by atoms with Crippen molar-refractivity contribution in [3.63, 3.8) is 0 Å². The highest BCUT2D eigenvalue weighted by Gasteiger charge is 2.16. The zero-order valence-corrected chi connectivity index (χ0v) is 10.8. The van der Waals surface area contributed by atoms with E-state index in [4.69, 9.17) is 0 Å². The molecule has 84 valence electrons. The minimum atomic E-state index is 0.738. The molecule has 1 saturated heterocycles. The summed E-state index contributed by atoms with van der Waals surface area (Å²) in [6, 6.07) is 0. The molecule has 2 heterocycles. The van der Waals surface area contributed by atoms with Crippen LogP contribution in [0.4, 0.5) is 0 Å². The van der Waals surface area contributed by atoms with Crippen LogP contribution in [0.5, 0.6) is 0 Å². The monoisotopic (exact) mass is 271 g/mol. The number of rotatable bonds is 3. The largest absolute Gasteiger partial charge is 0.338 e. The van der Waals surface area contributed by atoms with Gasteiger partial charge in [0.05, 0.1) is 0 Å². The van der Waals surface area contributed by atoms with Crippen LogP contribution in [-0.4, -0.2) is 38.9 Å². The lowest BCUT2D eigenvalue weighted by Gasteiger charge is -2.29. The lowest BCUT2D eigenvalue weighted by molar-refractivity contribution is 0.235. The van der Waals surface area contributed by atoms with E-state index in [1.807, 2.05) is 12.4 Å². The summed E-state index contributed by atoms with van der Waals surface area (Å²) in [6.07, 6.45) is 7.51. The van der Waals surface area contributed by atoms with E-state index in [1.54, 1.807) is 0 Å². The zero-order valence-electron chi connectivity index (χ0n) is 9.19. The maximum Gasteiger partial charge on any atom is 0.109 e. The molecular weight excluding hydrogens is 254 g/mol. The quantitative estimate of drug-likeness (QED) is 0.783. The third-order valence-corrected chi connectivity index (χ3v) is 4.01. The molecule has 1 aromatic rings. The lowest BCUT2D eigenvalue weighted by atomic mass is 10.1. The van der Waals surface area contributed by atoms with Gasteiger partial charge in [-0.15, -0.1) is 0 Å². The fourth-order valence-corrected chi connectivity index (χ4v) is 2.43. The highest BCUT2D eigenvalue weighted by molar-refractivity contribution is 9.09. The molecule has 0 N–H and O–H groups in total. The van der Waals surface area contributed by atoms with Gasteiger partial charge in [0, 0.05) is 37.2 Å². The first-order valence-electron chi connectivity index (χ1n) is 5.58. The Kier molecular flexibility index (Phi) is 3.81. The van der Waals surface area contributed by atoms with E-state index in [2.05, 4.69) is 37.4 Å². The SMILES string of the molecule is Cn1ccnc1CCN1CCC(Br)CC1. The Labute approximate surface area is 99.6 Å². The number of piperidine rings is 1. The summed E-state index contributed by atoms with van der Waals surface area (Å²) in [5.74, 6) is 1.19. The number of aromatic nitrogens is 2. The van der Waals surface area contributed by atoms with Crippen LogP contribution in [0.15, 0.2) is 12.4 Å². The van der Waals surface area contributed by atoms with Gasteiger partial charge in [-0.25, -0.2) is 4.98 Å². The lowest BCUT2D eigenvalue weighted by Crippen LogP contribution is -2.35. The van der Waals surface area contributed by atoms with Crippen molar-refractivity contribution in [3.05, 3.63) is 18.2 Å². The molecule has 1 aliphatic rings. The molecule has 0 saturated carbocycles. The van der Waals surface area contributed by atoms with E-state index in [0.29, 0.717) is 0 Å². The third-order valence-electron chi connectivity index (χ3n) is 3.09. The molecule has 0 aromatic carbocycles. The Hall–Kier alpha value is -0.350. The predicted octanol–water partition coefficient (Wildman–Crippen LogP) is 1.82. The average molecular weight is 272 g/mol. The first-order chi connectivity index (χ1) is 7.25. The van der Waals surface area contributed by atoms with Gasteiger partial charge in [-0.3, -0.25) is 0 Å². The second-order valence-corrected chi connectivity index (χ2v) is 5.52. The molecule has 0 bridgehead atoms. The van der Waals surface area contributed by atoms with Gasteiger partial charge in [-0.2, -0.15) is 0 Å². The van der Waals surface area contributed by atoms with E-state index in [0.717, 1.165) is 17.8 Å². The van der Waals surface area contributed by atoms with Gasteiger partial charge >= 0.3 is 0 Å². The van der Waals surface area contributed by atoms with Crippen LogP contribution in [0.25, 0.3) is 0 Å². The van der Waals surface area contributed by atoms with Gasteiger partial charge < -0.3 is 9.47 Å². The molecule has 0 spiro atoms. The van der Waals surface area contributed by atoms with Gasteiger partial charge in [0.1, 0.15) is 5.82 Å². The standard InChI is InChI=1S/C11H18BrN3/c1-14-9-5-13-11(14)4-8-15-6-2-10(12)3-7-15/h5,9-10H,2-4,6-8H2,1H3. The van der Waals surface area contributed by atoms with E-state index in [9.17, 15) is 0 Å². The number of likely N-dealkylation sites (tertiary alicyclic amines) is 1. The van der Waals surface area contributed by atoms with E-state index >= 15 is 0 Å². The van der Waals surface area contributed by atoms with Gasteiger partial charge in [-0.05, 0) is 25.9 Å². The molecule has 0 aliphatic carbocycles. The van der Waals surface area contributed by atoms with Crippen LogP contribution in [-0.2, 0) is 13.5 Å². The highest BCUT2D eigenvalue weighted by atomic mass is 79.9. The van der Waals surface area contributed by atoms with Crippen molar-refractivity contribution in [1.82, 2.24) is 14.5 Å². The van der Waals surface area contributed by atoms with Crippen molar-refractivity contribution in [2.45, 2.75) is 24.1 Å². The van der Waals surface area contributed by atoms with E-state index in [-0.39, 0.29) is 0 Å². The van der Waals surface area contributed by atoms with Crippen LogP contribution < -0.4 is 0 Å². The van der Waals surface area contributed by atoms with Crippen LogP contribution in [0.1, 0.15) is 18.7 Å². The van der Waals surface area contributed by atoms with Crippen molar-refractivity contribution in [3.8, 4) is 0 Å². The van der Waals surface area contributed by atoms with Crippen molar-refractivity contribution >= 4 is 15.9 Å². The van der Waals surface area contributed by atoms with E-state index in [1.165, 1.54) is 31.8 Å². The van der Waals surface area contributed by atoms with Crippen LogP contribution >= 0.6 is 15.9 Å². The maximum atomic E-state index is 4.34. The third kappa shape index (κ3) is 3.05. The fraction of sp³-hybridized carbons (Fsp3) is 0.727. The Morgan fingerprint density at radius 2 is 2.20 bits per heavy atom. The van der Waals surface area contributed by atoms with Crippen LogP contribution in [0.3, 0.4) is 0 Å². The highest BCUT2D eigenvalue weighted by Crippen LogP contribution is 2.17. The summed E-state index contributed by atoms with van der Waals surface area (Å²) < 4.78 is 2.11. The molecule has 1 fully saturated rings. The molecule has 0 unspecified atom stereocenters. The second-order valence-electron chi connectivity index (χ2n) is 4.22. The predicted molar refractivity (Wildman–Crippen MR) is 65.3 cm³/mol. The van der Waals surface area contributed by atoms with Gasteiger partial charge in [0.2, 0.25) is 0 Å². The number of alkyl halides is 1. The molecule has 15 heavy (non-hydrogen) atoms. The summed E-state index contributed by atoms with van der Waals surface area (Å²) in [7, 11) is 2.06. The number of halogens is 1. The number of hydrogen-bond donors (Lipinski definition) is 0. The first kappa shape index (κ1) is 11.1. The second kappa shape index (κ2) is 5.12. The minimum Gasteiger partial charge on any atom is -0.338 e. The Morgan fingerprint density at radius 1 is 1.47 bits per heavy atom. The minimum absolute atomic E-state index is 0.738. The molecule has 1 aliphatic heterocycles. The molecule has 0 radical (unpaired) electrons. The topological polar surface area (TPSA) is 21.1 Å². The van der Waals surface area contributed by atoms with Crippen molar-refractivity contribution in [1.29, 1.82) is 0 Å². The molecule has 2 rings (SSSR count). The Balaban J connectivity index is 1.77. The van der Waals surface area contributed by atoms with Gasteiger partial charge in [-0.1, -0.05) is 15.9 Å².